The first-order valence-electron chi connectivity index (χ1n) is 8.13. The molecule has 4 nitrogen and oxygen atoms in total. The normalized spacial score (nSPS) is 11.0. The topological polar surface area (TPSA) is 68.0 Å². The minimum atomic E-state index is -0.433. The number of carbonyl (C=O) groups excluding carboxylic acids is 1. The van der Waals surface area contributed by atoms with Crippen LogP contribution >= 0.6 is 23.7 Å². The third-order valence-corrected chi connectivity index (χ3v) is 5.41. The molecule has 132 valence electrons. The van der Waals surface area contributed by atoms with E-state index in [-0.39, 0.29) is 18.3 Å². The molecule has 2 rings (SSSR count). The second-order valence-electron chi connectivity index (χ2n) is 5.71. The van der Waals surface area contributed by atoms with Crippen molar-refractivity contribution in [1.82, 2.24) is 10.3 Å². The summed E-state index contributed by atoms with van der Waals surface area (Å²) in [6.45, 7) is 5.02. The maximum Gasteiger partial charge on any atom is 0.227 e. The molecule has 24 heavy (non-hydrogen) atoms. The molecule has 0 fully saturated rings. The second-order valence-corrected chi connectivity index (χ2v) is 6.57. The van der Waals surface area contributed by atoms with E-state index < -0.39 is 5.41 Å². The maximum absolute atomic E-state index is 12.4. The van der Waals surface area contributed by atoms with Crippen LogP contribution in [-0.2, 0) is 11.2 Å². The number of hydrogen-bond donors (Lipinski definition) is 2. The Bertz CT molecular complexity index is 618. The van der Waals surface area contributed by atoms with Gasteiger partial charge in [0.2, 0.25) is 5.91 Å². The van der Waals surface area contributed by atoms with Crippen molar-refractivity contribution in [2.45, 2.75) is 33.1 Å². The standard InChI is InChI=1S/C18H25N3OS.ClH/c1-3-18(4-2,13-19)17(22)20-11-10-15-12-23-16(21-15)14-8-6-5-7-9-14;/h5-9,12H,3-4,10-11,13,19H2,1-2H3,(H,20,22);1H. The van der Waals surface area contributed by atoms with E-state index in [1.165, 1.54) is 0 Å². The number of carbonyl (C=O) groups is 1. The summed E-state index contributed by atoms with van der Waals surface area (Å²) in [5.74, 6) is 0.0588. The van der Waals surface area contributed by atoms with Gasteiger partial charge in [0.05, 0.1) is 11.1 Å². The molecule has 0 aliphatic carbocycles. The fourth-order valence-corrected chi connectivity index (χ4v) is 3.44. The smallest absolute Gasteiger partial charge is 0.227 e. The van der Waals surface area contributed by atoms with Gasteiger partial charge in [0.15, 0.2) is 0 Å². The van der Waals surface area contributed by atoms with Crippen LogP contribution in [0.15, 0.2) is 35.7 Å². The van der Waals surface area contributed by atoms with Crippen LogP contribution in [0.2, 0.25) is 0 Å². The summed E-state index contributed by atoms with van der Waals surface area (Å²) < 4.78 is 0. The summed E-state index contributed by atoms with van der Waals surface area (Å²) in [4.78, 5) is 17.0. The van der Waals surface area contributed by atoms with E-state index >= 15 is 0 Å². The highest BCUT2D eigenvalue weighted by atomic mass is 35.5. The van der Waals surface area contributed by atoms with Gasteiger partial charge in [-0.05, 0) is 12.8 Å². The van der Waals surface area contributed by atoms with Crippen molar-refractivity contribution in [3.8, 4) is 10.6 Å². The number of rotatable bonds is 8. The fourth-order valence-electron chi connectivity index (χ4n) is 2.58. The van der Waals surface area contributed by atoms with Crippen molar-refractivity contribution in [2.24, 2.45) is 11.1 Å². The van der Waals surface area contributed by atoms with E-state index in [0.717, 1.165) is 35.5 Å². The highest BCUT2D eigenvalue weighted by molar-refractivity contribution is 7.13. The van der Waals surface area contributed by atoms with E-state index in [1.807, 2.05) is 32.0 Å². The Balaban J connectivity index is 0.00000288. The molecule has 1 aromatic carbocycles. The summed E-state index contributed by atoms with van der Waals surface area (Å²) in [6, 6.07) is 10.1. The molecule has 1 amide bonds. The fraction of sp³-hybridized carbons (Fsp3) is 0.444. The second kappa shape index (κ2) is 9.77. The van der Waals surface area contributed by atoms with Crippen molar-refractivity contribution in [1.29, 1.82) is 0 Å². The lowest BCUT2D eigenvalue weighted by Crippen LogP contribution is -2.45. The minimum absolute atomic E-state index is 0. The van der Waals surface area contributed by atoms with Crippen LogP contribution in [0.25, 0.3) is 10.6 Å². The number of nitrogens with two attached hydrogens (primary N) is 1. The van der Waals surface area contributed by atoms with Crippen molar-refractivity contribution in [3.05, 3.63) is 41.4 Å². The first-order chi connectivity index (χ1) is 11.1. The monoisotopic (exact) mass is 367 g/mol. The molecule has 0 spiro atoms. The largest absolute Gasteiger partial charge is 0.355 e. The van der Waals surface area contributed by atoms with E-state index in [0.29, 0.717) is 13.1 Å². The number of nitrogens with one attached hydrogen (secondary N) is 1. The van der Waals surface area contributed by atoms with Gasteiger partial charge < -0.3 is 11.1 Å². The Morgan fingerprint density at radius 1 is 1.25 bits per heavy atom. The quantitative estimate of drug-likeness (QED) is 0.748. The zero-order valence-corrected chi connectivity index (χ0v) is 15.9. The van der Waals surface area contributed by atoms with Gasteiger partial charge in [-0.15, -0.1) is 23.7 Å². The van der Waals surface area contributed by atoms with Crippen LogP contribution in [-0.4, -0.2) is 24.0 Å². The average Bonchev–Trinajstić information content (AvgIpc) is 3.07. The summed E-state index contributed by atoms with van der Waals surface area (Å²) >= 11 is 1.64. The van der Waals surface area contributed by atoms with E-state index in [9.17, 15) is 4.79 Å². The lowest BCUT2D eigenvalue weighted by Gasteiger charge is -2.28. The Kier molecular flexibility index (Phi) is 8.39. The molecule has 6 heteroatoms. The van der Waals surface area contributed by atoms with Crippen LogP contribution in [0.4, 0.5) is 0 Å². The van der Waals surface area contributed by atoms with Gasteiger partial charge in [-0.1, -0.05) is 44.2 Å². The number of halogens is 1. The highest BCUT2D eigenvalue weighted by Crippen LogP contribution is 2.25. The van der Waals surface area contributed by atoms with E-state index in [2.05, 4.69) is 27.8 Å². The Morgan fingerprint density at radius 2 is 1.92 bits per heavy atom. The number of thiazole rings is 1. The molecule has 0 saturated heterocycles. The predicted molar refractivity (Wildman–Crippen MR) is 104 cm³/mol. The first kappa shape index (κ1) is 20.6. The molecule has 3 N–H and O–H groups in total. The van der Waals surface area contributed by atoms with Gasteiger partial charge in [0.25, 0.3) is 0 Å². The van der Waals surface area contributed by atoms with Crippen LogP contribution in [0.1, 0.15) is 32.4 Å². The molecule has 1 heterocycles. The molecule has 0 aliphatic heterocycles. The van der Waals surface area contributed by atoms with Gasteiger partial charge in [-0.2, -0.15) is 0 Å². The molecule has 0 radical (unpaired) electrons. The molecule has 0 bridgehead atoms. The van der Waals surface area contributed by atoms with Gasteiger partial charge in [0.1, 0.15) is 5.01 Å². The molecule has 0 aliphatic rings. The summed E-state index contributed by atoms with van der Waals surface area (Å²) in [7, 11) is 0. The highest BCUT2D eigenvalue weighted by Gasteiger charge is 2.32. The Labute approximate surface area is 154 Å². The number of aromatic nitrogens is 1. The zero-order valence-electron chi connectivity index (χ0n) is 14.2. The van der Waals surface area contributed by atoms with Crippen LogP contribution < -0.4 is 11.1 Å². The number of benzene rings is 1. The van der Waals surface area contributed by atoms with Gasteiger partial charge in [-0.25, -0.2) is 4.98 Å². The van der Waals surface area contributed by atoms with Crippen molar-refractivity contribution in [2.75, 3.05) is 13.1 Å². The molecule has 2 aromatic rings. The number of hydrogen-bond acceptors (Lipinski definition) is 4. The van der Waals surface area contributed by atoms with Gasteiger partial charge in [-0.3, -0.25) is 4.79 Å². The molecular formula is C18H26ClN3OS. The average molecular weight is 368 g/mol. The Morgan fingerprint density at radius 3 is 2.50 bits per heavy atom. The molecule has 0 unspecified atom stereocenters. The summed E-state index contributed by atoms with van der Waals surface area (Å²) in [6.07, 6.45) is 2.27. The Hall–Kier alpha value is -1.43. The van der Waals surface area contributed by atoms with Crippen molar-refractivity contribution < 1.29 is 4.79 Å². The lowest BCUT2D eigenvalue weighted by molar-refractivity contribution is -0.131. The maximum atomic E-state index is 12.4. The first-order valence-corrected chi connectivity index (χ1v) is 9.01. The lowest BCUT2D eigenvalue weighted by atomic mass is 9.81. The molecule has 1 aromatic heterocycles. The molecule has 0 saturated carbocycles. The summed E-state index contributed by atoms with van der Waals surface area (Å²) in [5.41, 5.74) is 7.52. The van der Waals surface area contributed by atoms with Crippen molar-refractivity contribution in [3.63, 3.8) is 0 Å². The van der Waals surface area contributed by atoms with Gasteiger partial charge >= 0.3 is 0 Å². The number of amides is 1. The van der Waals surface area contributed by atoms with Crippen LogP contribution in [0.5, 0.6) is 0 Å². The zero-order chi connectivity index (χ0) is 16.7. The van der Waals surface area contributed by atoms with Crippen molar-refractivity contribution >= 4 is 29.7 Å². The van der Waals surface area contributed by atoms with Gasteiger partial charge in [0, 0.05) is 30.5 Å². The van der Waals surface area contributed by atoms with Crippen LogP contribution in [0.3, 0.4) is 0 Å². The predicted octanol–water partition coefficient (Wildman–Crippen LogP) is 3.66. The SMILES string of the molecule is CCC(CC)(CN)C(=O)NCCc1csc(-c2ccccc2)n1.Cl. The third-order valence-electron chi connectivity index (χ3n) is 4.47. The number of nitrogens with zero attached hydrogens (tertiary/aromatic N) is 1. The third kappa shape index (κ3) is 4.79. The minimum Gasteiger partial charge on any atom is -0.355 e. The van der Waals surface area contributed by atoms with E-state index in [1.54, 1.807) is 11.3 Å². The molecule has 0 atom stereocenters. The van der Waals surface area contributed by atoms with E-state index in [4.69, 9.17) is 5.73 Å². The molecular weight excluding hydrogens is 342 g/mol. The summed E-state index contributed by atoms with van der Waals surface area (Å²) in [5, 5.41) is 6.10. The van der Waals surface area contributed by atoms with Crippen LogP contribution in [0, 0.1) is 5.41 Å².